The zero-order chi connectivity index (χ0) is 24.3. The number of β-amino-alcohol motifs (C(OH)–C–C–N with tert-alkyl or cyclic N) is 1. The number of hydrogen-bond donors (Lipinski definition) is 1. The van der Waals surface area contributed by atoms with E-state index in [4.69, 9.17) is 9.72 Å². The average Bonchev–Trinajstić information content (AvgIpc) is 3.55. The summed E-state index contributed by atoms with van der Waals surface area (Å²) < 4.78 is 50.0. The maximum atomic E-state index is 14.5. The van der Waals surface area contributed by atoms with Crippen LogP contribution in [0.2, 0.25) is 0 Å². The summed E-state index contributed by atoms with van der Waals surface area (Å²) in [5.41, 5.74) is 1.75. The van der Waals surface area contributed by atoms with Crippen LogP contribution < -0.4 is 14.5 Å². The molecule has 11 heteroatoms. The number of aliphatic hydroxyl groups is 1. The minimum absolute atomic E-state index is 0.0128. The highest BCUT2D eigenvalue weighted by molar-refractivity contribution is 5.93. The monoisotopic (exact) mass is 484 g/mol. The average molecular weight is 484 g/mol. The smallest absolute Gasteiger partial charge is 0.239 e. The van der Waals surface area contributed by atoms with Crippen molar-refractivity contribution in [2.24, 2.45) is 0 Å². The summed E-state index contributed by atoms with van der Waals surface area (Å²) >= 11 is 0. The van der Waals surface area contributed by atoms with Crippen molar-refractivity contribution >= 4 is 28.2 Å². The number of aliphatic hydroxyl groups excluding tert-OH is 1. The van der Waals surface area contributed by atoms with Crippen LogP contribution in [0, 0.1) is 11.6 Å². The van der Waals surface area contributed by atoms with E-state index in [9.17, 15) is 18.3 Å². The Morgan fingerprint density at radius 3 is 2.74 bits per heavy atom. The van der Waals surface area contributed by atoms with Crippen LogP contribution in [0.25, 0.3) is 16.7 Å². The number of fused-ring (bicyclic) bond motifs is 3. The van der Waals surface area contributed by atoms with E-state index in [2.05, 4.69) is 10.1 Å². The summed E-state index contributed by atoms with van der Waals surface area (Å²) in [5, 5.41) is 15.1. The van der Waals surface area contributed by atoms with Crippen molar-refractivity contribution in [3.8, 4) is 5.88 Å². The molecule has 0 amide bonds. The van der Waals surface area contributed by atoms with E-state index in [0.717, 1.165) is 23.9 Å². The highest BCUT2D eigenvalue weighted by atomic mass is 19.1. The molecular formula is C24H23F3N6O2. The second kappa shape index (κ2) is 8.26. The van der Waals surface area contributed by atoms with E-state index in [1.807, 2.05) is 11.0 Å². The molecule has 2 fully saturated rings. The van der Waals surface area contributed by atoms with E-state index in [1.165, 1.54) is 7.11 Å². The van der Waals surface area contributed by atoms with Gasteiger partial charge in [0.2, 0.25) is 5.88 Å². The van der Waals surface area contributed by atoms with Gasteiger partial charge >= 0.3 is 0 Å². The standard InChI is InChI=1S/C24H23F3N6O2/c1-35-24-20(31-6-4-15(34)12-31)10-17-22(29-24)30-33-7-5-21(28-23(17)33)32-11-14(26)9-19(32)16-8-13(25)2-3-18(16)27/h2-3,5,7-8,10,14-15,19,34H,4,6,9,11-12H2,1H3/t14-,15-,19+/m0/s1. The largest absolute Gasteiger partial charge is 0.479 e. The molecule has 3 atom stereocenters. The molecule has 4 aromatic rings. The second-order valence-corrected chi connectivity index (χ2v) is 9.00. The number of nitrogens with zero attached hydrogens (tertiary/aromatic N) is 6. The van der Waals surface area contributed by atoms with Gasteiger partial charge < -0.3 is 19.6 Å². The fraction of sp³-hybridized carbons (Fsp3) is 0.375. The first kappa shape index (κ1) is 21.9. The van der Waals surface area contributed by atoms with Crippen LogP contribution >= 0.6 is 0 Å². The van der Waals surface area contributed by atoms with Gasteiger partial charge in [-0.25, -0.2) is 22.7 Å². The number of ether oxygens (including phenoxy) is 1. The molecule has 182 valence electrons. The van der Waals surface area contributed by atoms with Crippen LogP contribution in [-0.2, 0) is 0 Å². The number of benzene rings is 1. The van der Waals surface area contributed by atoms with Crippen LogP contribution in [0.5, 0.6) is 5.88 Å². The van der Waals surface area contributed by atoms with Crippen molar-refractivity contribution in [1.29, 1.82) is 0 Å². The molecule has 0 unspecified atom stereocenters. The molecule has 5 heterocycles. The topological polar surface area (TPSA) is 79.0 Å². The fourth-order valence-corrected chi connectivity index (χ4v) is 5.09. The molecule has 35 heavy (non-hydrogen) atoms. The maximum Gasteiger partial charge on any atom is 0.239 e. The normalized spacial score (nSPS) is 22.6. The van der Waals surface area contributed by atoms with E-state index in [-0.39, 0.29) is 18.5 Å². The summed E-state index contributed by atoms with van der Waals surface area (Å²) in [6.45, 7) is 1.14. The van der Waals surface area contributed by atoms with Crippen molar-refractivity contribution in [1.82, 2.24) is 19.6 Å². The summed E-state index contributed by atoms with van der Waals surface area (Å²) in [6.07, 6.45) is 0.744. The van der Waals surface area contributed by atoms with Gasteiger partial charge in [-0.1, -0.05) is 0 Å². The number of rotatable bonds is 4. The van der Waals surface area contributed by atoms with Gasteiger partial charge in [-0.2, -0.15) is 4.98 Å². The Labute approximate surface area is 198 Å². The third kappa shape index (κ3) is 3.70. The first-order chi connectivity index (χ1) is 16.9. The van der Waals surface area contributed by atoms with Gasteiger partial charge in [0.15, 0.2) is 11.3 Å². The lowest BCUT2D eigenvalue weighted by atomic mass is 10.0. The lowest BCUT2D eigenvalue weighted by molar-refractivity contribution is 0.198. The van der Waals surface area contributed by atoms with Crippen molar-refractivity contribution < 1.29 is 23.0 Å². The van der Waals surface area contributed by atoms with E-state index in [1.54, 1.807) is 21.7 Å². The van der Waals surface area contributed by atoms with Crippen LogP contribution in [0.1, 0.15) is 24.4 Å². The molecule has 0 saturated carbocycles. The number of hydrogen-bond acceptors (Lipinski definition) is 7. The number of aromatic nitrogens is 4. The lowest BCUT2D eigenvalue weighted by Crippen LogP contribution is -2.25. The molecule has 0 radical (unpaired) electrons. The molecule has 8 nitrogen and oxygen atoms in total. The second-order valence-electron chi connectivity index (χ2n) is 9.00. The molecule has 6 rings (SSSR count). The van der Waals surface area contributed by atoms with Crippen molar-refractivity contribution in [2.45, 2.75) is 31.2 Å². The zero-order valence-corrected chi connectivity index (χ0v) is 18.9. The Kier molecular flexibility index (Phi) is 5.17. The predicted molar refractivity (Wildman–Crippen MR) is 124 cm³/mol. The molecule has 2 saturated heterocycles. The molecule has 2 aliphatic heterocycles. The van der Waals surface area contributed by atoms with Gasteiger partial charge in [0, 0.05) is 31.3 Å². The summed E-state index contributed by atoms with van der Waals surface area (Å²) in [5.74, 6) is -0.327. The molecule has 2 aliphatic rings. The van der Waals surface area contributed by atoms with E-state index in [0.29, 0.717) is 47.9 Å². The Bertz CT molecular complexity index is 1430. The summed E-state index contributed by atoms with van der Waals surface area (Å²) in [6, 6.07) is 6.09. The lowest BCUT2D eigenvalue weighted by Gasteiger charge is -2.26. The maximum absolute atomic E-state index is 14.5. The third-order valence-electron chi connectivity index (χ3n) is 6.75. The SMILES string of the molecule is COc1nc2nn3ccc(N4C[C@@H](F)C[C@@H]4c4cc(F)ccc4F)nc3c2cc1N1CC[C@H](O)C1. The van der Waals surface area contributed by atoms with Gasteiger partial charge in [-0.05, 0) is 36.8 Å². The summed E-state index contributed by atoms with van der Waals surface area (Å²) in [7, 11) is 1.53. The van der Waals surface area contributed by atoms with Crippen molar-refractivity contribution in [3.05, 3.63) is 53.7 Å². The molecule has 0 aliphatic carbocycles. The first-order valence-electron chi connectivity index (χ1n) is 11.4. The number of alkyl halides is 1. The minimum Gasteiger partial charge on any atom is -0.479 e. The van der Waals surface area contributed by atoms with Gasteiger partial charge in [-0.3, -0.25) is 0 Å². The number of methoxy groups -OCH3 is 1. The van der Waals surface area contributed by atoms with Crippen molar-refractivity contribution in [3.63, 3.8) is 0 Å². The van der Waals surface area contributed by atoms with Gasteiger partial charge in [0.05, 0.1) is 31.2 Å². The number of halogens is 3. The van der Waals surface area contributed by atoms with E-state index >= 15 is 0 Å². The molecule has 1 N–H and O–H groups in total. The Balaban J connectivity index is 1.45. The molecule has 0 bridgehead atoms. The number of pyridine rings is 1. The summed E-state index contributed by atoms with van der Waals surface area (Å²) in [4.78, 5) is 12.9. The quantitative estimate of drug-likeness (QED) is 0.476. The van der Waals surface area contributed by atoms with Crippen LogP contribution in [0.3, 0.4) is 0 Å². The Morgan fingerprint density at radius 2 is 1.97 bits per heavy atom. The predicted octanol–water partition coefficient (Wildman–Crippen LogP) is 3.42. The highest BCUT2D eigenvalue weighted by Gasteiger charge is 2.36. The van der Waals surface area contributed by atoms with Crippen LogP contribution in [0.15, 0.2) is 36.5 Å². The first-order valence-corrected chi connectivity index (χ1v) is 11.4. The minimum atomic E-state index is -1.21. The van der Waals surface area contributed by atoms with Crippen LogP contribution in [0.4, 0.5) is 24.7 Å². The molecular weight excluding hydrogens is 461 g/mol. The molecule has 0 spiro atoms. The van der Waals surface area contributed by atoms with Crippen LogP contribution in [-0.4, -0.2) is 63.7 Å². The van der Waals surface area contributed by atoms with E-state index < -0.39 is 30.0 Å². The Morgan fingerprint density at radius 1 is 1.11 bits per heavy atom. The zero-order valence-electron chi connectivity index (χ0n) is 18.9. The highest BCUT2D eigenvalue weighted by Crippen LogP contribution is 2.39. The number of anilines is 2. The Hall–Kier alpha value is -3.60. The van der Waals surface area contributed by atoms with Gasteiger partial charge in [-0.15, -0.1) is 5.10 Å². The van der Waals surface area contributed by atoms with Gasteiger partial charge in [0.1, 0.15) is 29.3 Å². The van der Waals surface area contributed by atoms with Crippen molar-refractivity contribution in [2.75, 3.05) is 36.5 Å². The van der Waals surface area contributed by atoms with Gasteiger partial charge in [0.25, 0.3) is 0 Å². The molecule has 3 aromatic heterocycles. The molecule has 1 aromatic carbocycles. The third-order valence-corrected chi connectivity index (χ3v) is 6.75. The fourth-order valence-electron chi connectivity index (χ4n) is 5.09.